The van der Waals surface area contributed by atoms with E-state index in [0.717, 1.165) is 20.8 Å². The van der Waals surface area contributed by atoms with Crippen molar-refractivity contribution in [2.45, 2.75) is 20.8 Å². The molecule has 0 rings (SSSR count). The Morgan fingerprint density at radius 3 is 0.923 bits per heavy atom. The van der Waals surface area contributed by atoms with E-state index in [4.69, 9.17) is 29.7 Å². The molecule has 0 aromatic carbocycles. The Morgan fingerprint density at radius 2 is 0.923 bits per heavy atom. The molecule has 0 aliphatic rings. The first-order valence-electron chi connectivity index (χ1n) is 2.74. The van der Waals surface area contributed by atoms with Crippen LogP contribution in [0.15, 0.2) is 0 Å². The number of carbonyl (C=O) groups is 3. The van der Waals surface area contributed by atoms with Gasteiger partial charge in [-0.1, -0.05) is 0 Å². The molecule has 0 bridgehead atoms. The zero-order valence-corrected chi connectivity index (χ0v) is 11.7. The Bertz CT molecular complexity index is 115. The molecule has 0 unspecified atom stereocenters. The van der Waals surface area contributed by atoms with Crippen molar-refractivity contribution >= 4 is 17.9 Å². The zero-order valence-electron chi connectivity index (χ0n) is 7.70. The van der Waals surface area contributed by atoms with E-state index in [2.05, 4.69) is 0 Å². The van der Waals surface area contributed by atoms with E-state index in [0.29, 0.717) is 0 Å². The number of carboxylic acids is 3. The van der Waals surface area contributed by atoms with Gasteiger partial charge in [-0.25, -0.2) is 0 Å². The van der Waals surface area contributed by atoms with Gasteiger partial charge in [0.15, 0.2) is 0 Å². The van der Waals surface area contributed by atoms with Crippen molar-refractivity contribution in [1.29, 1.82) is 0 Å². The maximum absolute atomic E-state index is 9.00. The number of rotatable bonds is 0. The first-order chi connectivity index (χ1) is 5.20. The summed E-state index contributed by atoms with van der Waals surface area (Å²) in [5.41, 5.74) is 0. The largest absolute Gasteiger partial charge is 2.00 e. The fraction of sp³-hybridized carbons (Fsp3) is 0.500. The van der Waals surface area contributed by atoms with Crippen molar-refractivity contribution in [3.05, 3.63) is 0 Å². The fourth-order valence-electron chi connectivity index (χ4n) is 0. The van der Waals surface area contributed by atoms with Crippen LogP contribution in [0, 0.1) is 0 Å². The summed E-state index contributed by atoms with van der Waals surface area (Å²) in [6.07, 6.45) is 0. The smallest absolute Gasteiger partial charge is 0.550 e. The van der Waals surface area contributed by atoms with E-state index in [9.17, 15) is 0 Å². The molecule has 6 nitrogen and oxygen atoms in total. The number of carboxylic acid groups (broad SMARTS) is 3. The topological polar surface area (TPSA) is 118 Å². The molecule has 0 aromatic rings. The molecule has 7 heteroatoms. The maximum Gasteiger partial charge on any atom is 2.00 e. The second kappa shape index (κ2) is 17.4. The number of hydrogen-bond acceptors (Lipinski definition) is 5. The van der Waals surface area contributed by atoms with Crippen molar-refractivity contribution in [2.75, 3.05) is 0 Å². The molecule has 0 atom stereocenters. The van der Waals surface area contributed by atoms with Crippen LogP contribution in [0.4, 0.5) is 0 Å². The van der Waals surface area contributed by atoms with Crippen LogP contribution in [0.3, 0.4) is 0 Å². The van der Waals surface area contributed by atoms with E-state index in [1.165, 1.54) is 0 Å². The molecule has 13 heavy (non-hydrogen) atoms. The van der Waals surface area contributed by atoms with Crippen molar-refractivity contribution in [3.8, 4) is 0 Å². The van der Waals surface area contributed by atoms with E-state index < -0.39 is 17.9 Å². The van der Waals surface area contributed by atoms with Crippen LogP contribution < -0.4 is 10.2 Å². The van der Waals surface area contributed by atoms with Crippen LogP contribution in [0.5, 0.6) is 0 Å². The minimum Gasteiger partial charge on any atom is -0.550 e. The average Bonchev–Trinajstić information content (AvgIpc) is 1.54. The van der Waals surface area contributed by atoms with Crippen LogP contribution in [-0.2, 0) is 41.7 Å². The summed E-state index contributed by atoms with van der Waals surface area (Å²) >= 11 is 0. The first-order valence-corrected chi connectivity index (χ1v) is 2.74. The minimum atomic E-state index is -1.08. The second-order valence-electron chi connectivity index (χ2n) is 1.50. The van der Waals surface area contributed by atoms with E-state index in [1.807, 2.05) is 0 Å². The Balaban J connectivity index is -0.0000000450. The standard InChI is InChI=1S/3C2H4O2.Cd/c3*1-2(3)4;/h3*1H3,(H,3,4);/q;;;+2/p-2. The van der Waals surface area contributed by atoms with Gasteiger partial charge in [0.1, 0.15) is 0 Å². The molecular weight excluding hydrogens is 280 g/mol. The molecule has 0 amide bonds. The summed E-state index contributed by atoms with van der Waals surface area (Å²) in [4.78, 5) is 26.8. The Labute approximate surface area is 95.7 Å². The summed E-state index contributed by atoms with van der Waals surface area (Å²) in [5, 5.41) is 25.2. The minimum absolute atomic E-state index is 0. The van der Waals surface area contributed by atoms with Crippen molar-refractivity contribution in [1.82, 2.24) is 0 Å². The van der Waals surface area contributed by atoms with E-state index in [1.54, 1.807) is 0 Å². The van der Waals surface area contributed by atoms with Gasteiger partial charge in [0.2, 0.25) is 0 Å². The molecule has 0 aliphatic carbocycles. The monoisotopic (exact) mass is 292 g/mol. The molecule has 0 saturated heterocycles. The summed E-state index contributed by atoms with van der Waals surface area (Å²) in [7, 11) is 0. The van der Waals surface area contributed by atoms with Gasteiger partial charge in [0, 0.05) is 18.9 Å². The SMILES string of the molecule is CC(=O)O.CC(=O)[O-].CC(=O)[O-].[Cd+2]. The van der Waals surface area contributed by atoms with Gasteiger partial charge in [-0.05, 0) is 13.8 Å². The van der Waals surface area contributed by atoms with Gasteiger partial charge in [-0.2, -0.15) is 0 Å². The predicted octanol–water partition coefficient (Wildman–Crippen LogP) is -2.40. The third-order valence-corrected chi connectivity index (χ3v) is 0. The quantitative estimate of drug-likeness (QED) is 0.497. The predicted molar refractivity (Wildman–Crippen MR) is 34.7 cm³/mol. The molecule has 0 saturated carbocycles. The van der Waals surface area contributed by atoms with Gasteiger partial charge in [0.25, 0.3) is 5.97 Å². The Hall–Kier alpha value is -0.668. The molecule has 0 aromatic heterocycles. The Kier molecular flexibility index (Phi) is 30.6. The molecule has 1 N–H and O–H groups in total. The first kappa shape index (κ1) is 22.8. The number of carbonyl (C=O) groups excluding carboxylic acids is 2. The van der Waals surface area contributed by atoms with Crippen LogP contribution in [0.25, 0.3) is 0 Å². The number of hydrogen-bond donors (Lipinski definition) is 1. The summed E-state index contributed by atoms with van der Waals surface area (Å²) in [6, 6.07) is 0. The van der Waals surface area contributed by atoms with Gasteiger partial charge in [-0.15, -0.1) is 0 Å². The van der Waals surface area contributed by atoms with Crippen molar-refractivity contribution in [3.63, 3.8) is 0 Å². The van der Waals surface area contributed by atoms with Gasteiger partial charge in [0.05, 0.1) is 0 Å². The molecule has 0 heterocycles. The molecule has 0 spiro atoms. The molecule has 0 radical (unpaired) electrons. The third-order valence-electron chi connectivity index (χ3n) is 0. The molecule has 0 fully saturated rings. The van der Waals surface area contributed by atoms with E-state index in [-0.39, 0.29) is 27.3 Å². The fourth-order valence-corrected chi connectivity index (χ4v) is 0. The van der Waals surface area contributed by atoms with E-state index >= 15 is 0 Å². The second-order valence-corrected chi connectivity index (χ2v) is 1.50. The summed E-state index contributed by atoms with van der Waals surface area (Å²) in [6.45, 7) is 3.03. The Morgan fingerprint density at radius 1 is 0.923 bits per heavy atom. The van der Waals surface area contributed by atoms with Gasteiger partial charge >= 0.3 is 27.3 Å². The molecule has 0 aliphatic heterocycles. The maximum atomic E-state index is 9.00. The van der Waals surface area contributed by atoms with Crippen LogP contribution in [0.2, 0.25) is 0 Å². The summed E-state index contributed by atoms with van der Waals surface area (Å²) in [5.74, 6) is -3.00. The van der Waals surface area contributed by atoms with Crippen LogP contribution >= 0.6 is 0 Å². The van der Waals surface area contributed by atoms with Crippen LogP contribution in [0.1, 0.15) is 20.8 Å². The van der Waals surface area contributed by atoms with Gasteiger partial charge < -0.3 is 24.9 Å². The normalized spacial score (nSPS) is 5.77. The third kappa shape index (κ3) is 2210. The van der Waals surface area contributed by atoms with Crippen molar-refractivity contribution < 1.29 is 57.0 Å². The van der Waals surface area contributed by atoms with Crippen LogP contribution in [-0.4, -0.2) is 23.0 Å². The zero-order chi connectivity index (χ0) is 10.7. The molecule has 72 valence electrons. The summed E-state index contributed by atoms with van der Waals surface area (Å²) < 4.78 is 0. The number of aliphatic carboxylic acids is 3. The average molecular weight is 291 g/mol. The van der Waals surface area contributed by atoms with Crippen molar-refractivity contribution in [2.24, 2.45) is 0 Å². The van der Waals surface area contributed by atoms with Gasteiger partial charge in [-0.3, -0.25) is 4.79 Å². The molecular formula is C6H10CdO6.